The molecule has 11 heavy (non-hydrogen) atoms. The lowest BCUT2D eigenvalue weighted by atomic mass is 9.78. The maximum atomic E-state index is 9.33. The van der Waals surface area contributed by atoms with Crippen LogP contribution in [0.1, 0.15) is 24.3 Å². The van der Waals surface area contributed by atoms with Crippen LogP contribution in [0.3, 0.4) is 0 Å². The summed E-state index contributed by atoms with van der Waals surface area (Å²) < 4.78 is 1.78. The molecule has 1 aliphatic rings. The average Bonchev–Trinajstić information content (AvgIpc) is 2.33. The number of nitrogens with zero attached hydrogens (tertiary/aromatic N) is 2. The molecule has 1 aromatic rings. The summed E-state index contributed by atoms with van der Waals surface area (Å²) in [5, 5.41) is 13.4. The minimum Gasteiger partial charge on any atom is -0.392 e. The van der Waals surface area contributed by atoms with Gasteiger partial charge in [0, 0.05) is 19.2 Å². The van der Waals surface area contributed by atoms with Crippen LogP contribution in [0.25, 0.3) is 0 Å². The van der Waals surface area contributed by atoms with Crippen LogP contribution in [0.4, 0.5) is 0 Å². The van der Waals surface area contributed by atoms with Gasteiger partial charge >= 0.3 is 0 Å². The van der Waals surface area contributed by atoms with E-state index >= 15 is 0 Å². The number of hydrogen-bond acceptors (Lipinski definition) is 2. The predicted molar refractivity (Wildman–Crippen MR) is 41.2 cm³/mol. The summed E-state index contributed by atoms with van der Waals surface area (Å²) in [6, 6.07) is 0. The summed E-state index contributed by atoms with van der Waals surface area (Å²) in [5.74, 6) is 0.351. The Kier molecular flexibility index (Phi) is 1.46. The molecule has 1 aromatic heterocycles. The molecule has 0 spiro atoms. The first kappa shape index (κ1) is 6.85. The molecule has 1 saturated carbocycles. The molecule has 1 N–H and O–H groups in total. The molecule has 60 valence electrons. The van der Waals surface area contributed by atoms with Crippen molar-refractivity contribution in [1.29, 1.82) is 0 Å². The van der Waals surface area contributed by atoms with Gasteiger partial charge in [-0.1, -0.05) is 0 Å². The van der Waals surface area contributed by atoms with Crippen LogP contribution in [0.5, 0.6) is 0 Å². The van der Waals surface area contributed by atoms with Crippen molar-refractivity contribution in [2.75, 3.05) is 0 Å². The highest BCUT2D eigenvalue weighted by molar-refractivity contribution is 5.16. The topological polar surface area (TPSA) is 38.0 Å². The Balaban J connectivity index is 2.16. The van der Waals surface area contributed by atoms with Gasteiger partial charge < -0.3 is 5.11 Å². The van der Waals surface area contributed by atoms with Crippen LogP contribution < -0.4 is 0 Å². The molecule has 1 aliphatic carbocycles. The van der Waals surface area contributed by atoms with Gasteiger partial charge in [0.25, 0.3) is 0 Å². The second kappa shape index (κ2) is 2.34. The first-order chi connectivity index (χ1) is 5.27. The largest absolute Gasteiger partial charge is 0.392 e. The van der Waals surface area contributed by atoms with E-state index in [1.54, 1.807) is 4.68 Å². The van der Waals surface area contributed by atoms with Crippen LogP contribution >= 0.6 is 0 Å². The third-order valence-electron chi connectivity index (χ3n) is 2.39. The second-order valence-corrected chi connectivity index (χ2v) is 3.20. The molecule has 0 bridgehead atoms. The van der Waals surface area contributed by atoms with Crippen molar-refractivity contribution >= 4 is 0 Å². The summed E-state index contributed by atoms with van der Waals surface area (Å²) in [5.41, 5.74) is 1.17. The molecule has 0 aliphatic heterocycles. The van der Waals surface area contributed by atoms with E-state index < -0.39 is 0 Å². The quantitative estimate of drug-likeness (QED) is 0.642. The molecular weight excluding hydrogens is 140 g/mol. The summed E-state index contributed by atoms with van der Waals surface area (Å²) in [4.78, 5) is 0. The van der Waals surface area contributed by atoms with Crippen molar-refractivity contribution in [2.24, 2.45) is 7.05 Å². The minimum absolute atomic E-state index is 0.126. The van der Waals surface area contributed by atoms with E-state index in [4.69, 9.17) is 0 Å². The highest BCUT2D eigenvalue weighted by Crippen LogP contribution is 2.36. The van der Waals surface area contributed by atoms with Crippen LogP contribution in [0.2, 0.25) is 0 Å². The highest BCUT2D eigenvalue weighted by atomic mass is 16.3. The number of aliphatic hydroxyl groups is 1. The van der Waals surface area contributed by atoms with Gasteiger partial charge in [-0.25, -0.2) is 0 Å². The van der Waals surface area contributed by atoms with Crippen LogP contribution in [0, 0.1) is 0 Å². The van der Waals surface area contributed by atoms with Crippen molar-refractivity contribution in [3.63, 3.8) is 0 Å². The fourth-order valence-electron chi connectivity index (χ4n) is 1.50. The molecule has 0 radical (unpaired) electrons. The van der Waals surface area contributed by atoms with Gasteiger partial charge in [0.15, 0.2) is 0 Å². The summed E-state index contributed by atoms with van der Waals surface area (Å²) >= 11 is 0. The third kappa shape index (κ3) is 1.05. The Morgan fingerprint density at radius 1 is 1.64 bits per heavy atom. The molecule has 1 heterocycles. The van der Waals surface area contributed by atoms with E-state index in [1.807, 2.05) is 19.4 Å². The molecule has 2 unspecified atom stereocenters. The Bertz CT molecular complexity index is 256. The van der Waals surface area contributed by atoms with Gasteiger partial charge in [-0.3, -0.25) is 4.68 Å². The predicted octanol–water partition coefficient (Wildman–Crippen LogP) is 0.658. The van der Waals surface area contributed by atoms with Crippen LogP contribution in [-0.2, 0) is 7.05 Å². The van der Waals surface area contributed by atoms with E-state index in [-0.39, 0.29) is 6.10 Å². The van der Waals surface area contributed by atoms with Gasteiger partial charge in [-0.05, 0) is 18.4 Å². The van der Waals surface area contributed by atoms with Gasteiger partial charge in [-0.2, -0.15) is 5.10 Å². The fourth-order valence-corrected chi connectivity index (χ4v) is 1.50. The van der Waals surface area contributed by atoms with E-state index in [0.29, 0.717) is 5.92 Å². The molecule has 0 aromatic carbocycles. The van der Waals surface area contributed by atoms with E-state index in [9.17, 15) is 5.11 Å². The van der Waals surface area contributed by atoms with Crippen molar-refractivity contribution in [2.45, 2.75) is 24.9 Å². The molecule has 0 saturated heterocycles. The van der Waals surface area contributed by atoms with Crippen molar-refractivity contribution in [1.82, 2.24) is 9.78 Å². The zero-order chi connectivity index (χ0) is 7.84. The Hall–Kier alpha value is -0.830. The standard InChI is InChI=1S/C8H12N2O/c1-10-5-6(4-9-10)7-2-3-8(7)11/h4-5,7-8,11H,2-3H2,1H3. The van der Waals surface area contributed by atoms with Crippen LogP contribution in [-0.4, -0.2) is 21.0 Å². The Morgan fingerprint density at radius 2 is 2.45 bits per heavy atom. The molecule has 2 rings (SSSR count). The van der Waals surface area contributed by atoms with Gasteiger partial charge in [0.05, 0.1) is 12.3 Å². The van der Waals surface area contributed by atoms with Gasteiger partial charge in [-0.15, -0.1) is 0 Å². The minimum atomic E-state index is -0.126. The number of aryl methyl sites for hydroxylation is 1. The first-order valence-corrected chi connectivity index (χ1v) is 3.94. The summed E-state index contributed by atoms with van der Waals surface area (Å²) in [6.07, 6.45) is 5.74. The third-order valence-corrected chi connectivity index (χ3v) is 2.39. The van der Waals surface area contributed by atoms with Gasteiger partial charge in [0.2, 0.25) is 0 Å². The van der Waals surface area contributed by atoms with Crippen molar-refractivity contribution < 1.29 is 5.11 Å². The second-order valence-electron chi connectivity index (χ2n) is 3.20. The maximum absolute atomic E-state index is 9.33. The zero-order valence-corrected chi connectivity index (χ0v) is 6.57. The SMILES string of the molecule is Cn1cc(C2CCC2O)cn1. The zero-order valence-electron chi connectivity index (χ0n) is 6.57. The molecule has 1 fully saturated rings. The summed E-state index contributed by atoms with van der Waals surface area (Å²) in [7, 11) is 1.90. The number of aromatic nitrogens is 2. The average molecular weight is 152 g/mol. The number of rotatable bonds is 1. The highest BCUT2D eigenvalue weighted by Gasteiger charge is 2.30. The Labute approximate surface area is 65.7 Å². The normalized spacial score (nSPS) is 30.0. The van der Waals surface area contributed by atoms with Crippen molar-refractivity contribution in [3.8, 4) is 0 Å². The monoisotopic (exact) mass is 152 g/mol. The Morgan fingerprint density at radius 3 is 2.82 bits per heavy atom. The van der Waals surface area contributed by atoms with E-state index in [2.05, 4.69) is 5.10 Å². The van der Waals surface area contributed by atoms with Gasteiger partial charge in [0.1, 0.15) is 0 Å². The molecule has 2 atom stereocenters. The number of hydrogen-bond donors (Lipinski definition) is 1. The van der Waals surface area contributed by atoms with Crippen LogP contribution in [0.15, 0.2) is 12.4 Å². The van der Waals surface area contributed by atoms with E-state index in [1.165, 1.54) is 5.56 Å². The lowest BCUT2D eigenvalue weighted by Crippen LogP contribution is -2.28. The lowest BCUT2D eigenvalue weighted by Gasteiger charge is -2.31. The lowest BCUT2D eigenvalue weighted by molar-refractivity contribution is 0.0661. The summed E-state index contributed by atoms with van der Waals surface area (Å²) in [6.45, 7) is 0. The first-order valence-electron chi connectivity index (χ1n) is 3.94. The van der Waals surface area contributed by atoms with Crippen molar-refractivity contribution in [3.05, 3.63) is 18.0 Å². The molecule has 3 nitrogen and oxygen atoms in total. The maximum Gasteiger partial charge on any atom is 0.0610 e. The smallest absolute Gasteiger partial charge is 0.0610 e. The molecular formula is C8H12N2O. The molecule has 3 heteroatoms. The fraction of sp³-hybridized carbons (Fsp3) is 0.625. The molecule has 0 amide bonds. The van der Waals surface area contributed by atoms with E-state index in [0.717, 1.165) is 12.8 Å². The number of aliphatic hydroxyl groups excluding tert-OH is 1.